The van der Waals surface area contributed by atoms with Gasteiger partial charge < -0.3 is 4.42 Å². The summed E-state index contributed by atoms with van der Waals surface area (Å²) in [6, 6.07) is 3.65. The molecule has 14 heavy (non-hydrogen) atoms. The molecule has 1 N–H and O–H groups in total. The van der Waals surface area contributed by atoms with Crippen LogP contribution in [0, 0.1) is 0 Å². The smallest absolute Gasteiger partial charge is 0.216 e. The van der Waals surface area contributed by atoms with E-state index in [1.807, 2.05) is 12.1 Å². The molecule has 2 aromatic heterocycles. The summed E-state index contributed by atoms with van der Waals surface area (Å²) < 4.78 is 6.02. The van der Waals surface area contributed by atoms with Crippen LogP contribution < -0.4 is 0 Å². The number of aromatic amines is 1. The number of nitrogens with one attached hydrogen (secondary N) is 1. The van der Waals surface area contributed by atoms with Crippen LogP contribution in [0.1, 0.15) is 25.6 Å². The van der Waals surface area contributed by atoms with Gasteiger partial charge in [-0.25, -0.2) is 4.98 Å². The van der Waals surface area contributed by atoms with Gasteiger partial charge in [-0.15, -0.1) is 0 Å². The average molecular weight is 256 g/mol. The fourth-order valence-corrected chi connectivity index (χ4v) is 1.38. The van der Waals surface area contributed by atoms with Crippen molar-refractivity contribution in [2.75, 3.05) is 0 Å². The molecule has 0 unspecified atom stereocenters. The summed E-state index contributed by atoms with van der Waals surface area (Å²) in [6.07, 6.45) is 0. The third kappa shape index (κ3) is 1.72. The molecule has 0 aliphatic rings. The molecule has 0 radical (unpaired) electrons. The van der Waals surface area contributed by atoms with E-state index in [2.05, 4.69) is 45.0 Å². The second kappa shape index (κ2) is 3.57. The SMILES string of the molecule is CC(C)c1nc(-c2ccc(Br)o2)n[nH]1. The molecule has 0 bridgehead atoms. The first-order valence-electron chi connectivity index (χ1n) is 4.35. The molecule has 2 aromatic rings. The highest BCUT2D eigenvalue weighted by molar-refractivity contribution is 9.10. The lowest BCUT2D eigenvalue weighted by atomic mass is 10.2. The fraction of sp³-hybridized carbons (Fsp3) is 0.333. The minimum atomic E-state index is 0.342. The van der Waals surface area contributed by atoms with Gasteiger partial charge in [0.05, 0.1) is 0 Å². The van der Waals surface area contributed by atoms with Gasteiger partial charge in [0.25, 0.3) is 0 Å². The van der Waals surface area contributed by atoms with E-state index in [4.69, 9.17) is 4.42 Å². The zero-order valence-corrected chi connectivity index (χ0v) is 9.50. The molecule has 0 aromatic carbocycles. The zero-order chi connectivity index (χ0) is 10.1. The number of hydrogen-bond acceptors (Lipinski definition) is 3. The molecule has 0 amide bonds. The summed E-state index contributed by atoms with van der Waals surface area (Å²) >= 11 is 3.23. The molecule has 2 rings (SSSR count). The summed E-state index contributed by atoms with van der Waals surface area (Å²) in [5.74, 6) is 2.47. The molecule has 4 nitrogen and oxygen atoms in total. The van der Waals surface area contributed by atoms with E-state index in [0.29, 0.717) is 22.2 Å². The average Bonchev–Trinajstić information content (AvgIpc) is 2.70. The van der Waals surface area contributed by atoms with Gasteiger partial charge >= 0.3 is 0 Å². The lowest BCUT2D eigenvalue weighted by molar-refractivity contribution is 0.551. The quantitative estimate of drug-likeness (QED) is 0.898. The van der Waals surface area contributed by atoms with Crippen molar-refractivity contribution in [1.82, 2.24) is 15.2 Å². The van der Waals surface area contributed by atoms with Crippen LogP contribution in [-0.2, 0) is 0 Å². The maximum absolute atomic E-state index is 5.33. The molecule has 0 aliphatic carbocycles. The summed E-state index contributed by atoms with van der Waals surface area (Å²) in [4.78, 5) is 4.31. The number of furan rings is 1. The van der Waals surface area contributed by atoms with Crippen molar-refractivity contribution in [2.45, 2.75) is 19.8 Å². The van der Waals surface area contributed by atoms with Crippen LogP contribution in [0.5, 0.6) is 0 Å². The molecular formula is C9H10BrN3O. The Hall–Kier alpha value is -1.10. The van der Waals surface area contributed by atoms with Crippen LogP contribution in [-0.4, -0.2) is 15.2 Å². The lowest BCUT2D eigenvalue weighted by Crippen LogP contribution is -1.89. The highest BCUT2D eigenvalue weighted by Gasteiger charge is 2.11. The van der Waals surface area contributed by atoms with E-state index < -0.39 is 0 Å². The van der Waals surface area contributed by atoms with Gasteiger partial charge in [0, 0.05) is 5.92 Å². The van der Waals surface area contributed by atoms with Crippen LogP contribution >= 0.6 is 15.9 Å². The second-order valence-corrected chi connectivity index (χ2v) is 4.08. The summed E-state index contributed by atoms with van der Waals surface area (Å²) in [5.41, 5.74) is 0. The topological polar surface area (TPSA) is 54.7 Å². The molecule has 0 aliphatic heterocycles. The van der Waals surface area contributed by atoms with Crippen LogP contribution in [0.25, 0.3) is 11.6 Å². The standard InChI is InChI=1S/C9H10BrN3O/c1-5(2)8-11-9(13-12-8)6-3-4-7(10)14-6/h3-5H,1-2H3,(H,11,12,13). The van der Waals surface area contributed by atoms with Crippen molar-refractivity contribution in [3.05, 3.63) is 22.6 Å². The van der Waals surface area contributed by atoms with Crippen LogP contribution in [0.4, 0.5) is 0 Å². The first kappa shape index (κ1) is 9.45. The maximum atomic E-state index is 5.33. The van der Waals surface area contributed by atoms with Crippen molar-refractivity contribution in [1.29, 1.82) is 0 Å². The number of aromatic nitrogens is 3. The third-order valence-corrected chi connectivity index (χ3v) is 2.27. The van der Waals surface area contributed by atoms with Gasteiger partial charge in [-0.05, 0) is 28.1 Å². The largest absolute Gasteiger partial charge is 0.446 e. The number of halogens is 1. The van der Waals surface area contributed by atoms with Crippen molar-refractivity contribution in [2.24, 2.45) is 0 Å². The summed E-state index contributed by atoms with van der Waals surface area (Å²) in [5, 5.41) is 6.95. The molecule has 0 atom stereocenters. The van der Waals surface area contributed by atoms with E-state index in [1.54, 1.807) is 0 Å². The third-order valence-electron chi connectivity index (χ3n) is 1.84. The van der Waals surface area contributed by atoms with E-state index in [-0.39, 0.29) is 0 Å². The van der Waals surface area contributed by atoms with Gasteiger partial charge in [0.2, 0.25) is 5.82 Å². The van der Waals surface area contributed by atoms with Gasteiger partial charge in [0.15, 0.2) is 10.4 Å². The molecule has 5 heteroatoms. The van der Waals surface area contributed by atoms with Crippen LogP contribution in [0.3, 0.4) is 0 Å². The molecule has 74 valence electrons. The Balaban J connectivity index is 2.33. The van der Waals surface area contributed by atoms with Crippen molar-refractivity contribution in [3.8, 4) is 11.6 Å². The predicted molar refractivity (Wildman–Crippen MR) is 55.9 cm³/mol. The maximum Gasteiger partial charge on any atom is 0.216 e. The van der Waals surface area contributed by atoms with Gasteiger partial charge in [-0.2, -0.15) is 5.10 Å². The normalized spacial score (nSPS) is 11.1. The summed E-state index contributed by atoms with van der Waals surface area (Å²) in [6.45, 7) is 4.12. The van der Waals surface area contributed by atoms with Gasteiger partial charge in [0.1, 0.15) is 5.82 Å². The Bertz CT molecular complexity index is 433. The van der Waals surface area contributed by atoms with E-state index >= 15 is 0 Å². The second-order valence-electron chi connectivity index (χ2n) is 3.30. The Morgan fingerprint density at radius 1 is 1.43 bits per heavy atom. The van der Waals surface area contributed by atoms with Crippen molar-refractivity contribution in [3.63, 3.8) is 0 Å². The molecular weight excluding hydrogens is 246 g/mol. The van der Waals surface area contributed by atoms with E-state index in [0.717, 1.165) is 5.82 Å². The first-order valence-corrected chi connectivity index (χ1v) is 5.14. The highest BCUT2D eigenvalue weighted by atomic mass is 79.9. The number of nitrogens with zero attached hydrogens (tertiary/aromatic N) is 2. The Morgan fingerprint density at radius 2 is 2.21 bits per heavy atom. The van der Waals surface area contributed by atoms with E-state index in [9.17, 15) is 0 Å². The molecule has 0 saturated carbocycles. The van der Waals surface area contributed by atoms with Gasteiger partial charge in [-0.3, -0.25) is 5.10 Å². The monoisotopic (exact) mass is 255 g/mol. The number of H-pyrrole nitrogens is 1. The minimum Gasteiger partial charge on any atom is -0.446 e. The highest BCUT2D eigenvalue weighted by Crippen LogP contribution is 2.22. The minimum absolute atomic E-state index is 0.342. The Morgan fingerprint density at radius 3 is 2.71 bits per heavy atom. The van der Waals surface area contributed by atoms with Crippen LogP contribution in [0.15, 0.2) is 21.2 Å². The molecule has 0 spiro atoms. The van der Waals surface area contributed by atoms with Crippen molar-refractivity contribution < 1.29 is 4.42 Å². The van der Waals surface area contributed by atoms with Gasteiger partial charge in [-0.1, -0.05) is 13.8 Å². The Labute approximate surface area is 89.9 Å². The summed E-state index contributed by atoms with van der Waals surface area (Å²) in [7, 11) is 0. The van der Waals surface area contributed by atoms with Crippen molar-refractivity contribution >= 4 is 15.9 Å². The Kier molecular flexibility index (Phi) is 2.41. The van der Waals surface area contributed by atoms with Crippen LogP contribution in [0.2, 0.25) is 0 Å². The first-order chi connectivity index (χ1) is 6.66. The molecule has 0 fully saturated rings. The zero-order valence-electron chi connectivity index (χ0n) is 7.91. The van der Waals surface area contributed by atoms with E-state index in [1.165, 1.54) is 0 Å². The molecule has 2 heterocycles. The molecule has 0 saturated heterocycles. The fourth-order valence-electron chi connectivity index (χ4n) is 1.08. The number of rotatable bonds is 2. The predicted octanol–water partition coefficient (Wildman–Crippen LogP) is 2.95. The number of hydrogen-bond donors (Lipinski definition) is 1. The lowest BCUT2D eigenvalue weighted by Gasteiger charge is -1.94.